The van der Waals surface area contributed by atoms with Gasteiger partial charge in [-0.1, -0.05) is 48.0 Å². The molecule has 0 spiro atoms. The van der Waals surface area contributed by atoms with Crippen LogP contribution in [0.4, 0.5) is 0 Å². The van der Waals surface area contributed by atoms with E-state index < -0.39 is 22.2 Å². The van der Waals surface area contributed by atoms with E-state index >= 15 is 0 Å². The molecular weight excluding hydrogens is 352 g/mol. The Balaban J connectivity index is 1.75. The Bertz CT molecular complexity index is 857. The molecule has 0 unspecified atom stereocenters. The lowest BCUT2D eigenvalue weighted by molar-refractivity contribution is -0.116. The topological polar surface area (TPSA) is 61.8 Å². The maximum atomic E-state index is 13.0. The lowest BCUT2D eigenvalue weighted by atomic mass is 10.2. The van der Waals surface area contributed by atoms with Gasteiger partial charge in [0.1, 0.15) is 6.10 Å². The summed E-state index contributed by atoms with van der Waals surface area (Å²) in [6.07, 6.45) is 0.108. The summed E-state index contributed by atoms with van der Waals surface area (Å²) >= 11 is 0. The third-order valence-corrected chi connectivity index (χ3v) is 6.08. The van der Waals surface area contributed by atoms with E-state index in [4.69, 9.17) is 14.2 Å². The first-order valence-electron chi connectivity index (χ1n) is 8.34. The summed E-state index contributed by atoms with van der Waals surface area (Å²) < 4.78 is 42.5. The SMILES string of the molecule is CO[C@@H]1C=C(S(=O)(=O)c2ccc(C)cc2)[C@@H](COCc2ccccc2)O1. The first-order chi connectivity index (χ1) is 12.5. The third-order valence-electron chi connectivity index (χ3n) is 4.17. The third kappa shape index (κ3) is 4.22. The predicted molar refractivity (Wildman–Crippen MR) is 98.2 cm³/mol. The molecule has 0 bridgehead atoms. The fraction of sp³-hybridized carbons (Fsp3) is 0.300. The molecule has 0 aliphatic carbocycles. The quantitative estimate of drug-likeness (QED) is 0.745. The van der Waals surface area contributed by atoms with Gasteiger partial charge in [0.25, 0.3) is 0 Å². The highest BCUT2D eigenvalue weighted by atomic mass is 32.2. The number of rotatable bonds is 7. The molecule has 1 heterocycles. The van der Waals surface area contributed by atoms with Gasteiger partial charge in [-0.15, -0.1) is 0 Å². The monoisotopic (exact) mass is 374 g/mol. The summed E-state index contributed by atoms with van der Waals surface area (Å²) in [7, 11) is -2.19. The number of aryl methyl sites for hydroxylation is 1. The molecule has 1 aliphatic heterocycles. The number of hydrogen-bond acceptors (Lipinski definition) is 5. The smallest absolute Gasteiger partial charge is 0.205 e. The van der Waals surface area contributed by atoms with Gasteiger partial charge in [0.2, 0.25) is 9.84 Å². The number of methoxy groups -OCH3 is 1. The molecule has 0 aromatic heterocycles. The zero-order valence-corrected chi connectivity index (χ0v) is 15.6. The standard InChI is InChI=1S/C20H22O5S/c1-15-8-10-17(11-9-15)26(21,22)19-12-20(23-2)25-18(19)14-24-13-16-6-4-3-5-7-16/h3-12,18,20H,13-14H2,1-2H3/t18-,20+/m1/s1. The molecule has 0 fully saturated rings. The van der Waals surface area contributed by atoms with Crippen LogP contribution in [0.2, 0.25) is 0 Å². The van der Waals surface area contributed by atoms with Crippen LogP contribution in [0.5, 0.6) is 0 Å². The molecule has 2 atom stereocenters. The van der Waals surface area contributed by atoms with E-state index in [9.17, 15) is 8.42 Å². The van der Waals surface area contributed by atoms with Gasteiger partial charge in [-0.05, 0) is 30.7 Å². The Labute approximate surface area is 154 Å². The Hall–Kier alpha value is -1.99. The van der Waals surface area contributed by atoms with Crippen molar-refractivity contribution in [3.05, 3.63) is 76.7 Å². The van der Waals surface area contributed by atoms with E-state index in [-0.39, 0.29) is 16.4 Å². The largest absolute Gasteiger partial charge is 0.374 e. The Kier molecular flexibility index (Phi) is 5.88. The average molecular weight is 374 g/mol. The van der Waals surface area contributed by atoms with Crippen molar-refractivity contribution < 1.29 is 22.6 Å². The van der Waals surface area contributed by atoms with Crippen molar-refractivity contribution in [3.8, 4) is 0 Å². The molecule has 1 aliphatic rings. The summed E-state index contributed by atoms with van der Waals surface area (Å²) in [5.41, 5.74) is 2.01. The van der Waals surface area contributed by atoms with E-state index in [0.29, 0.717) is 6.61 Å². The molecule has 6 heteroatoms. The lowest BCUT2D eigenvalue weighted by Crippen LogP contribution is -2.24. The van der Waals surface area contributed by atoms with Gasteiger partial charge in [-0.3, -0.25) is 0 Å². The molecule has 0 amide bonds. The maximum absolute atomic E-state index is 13.0. The van der Waals surface area contributed by atoms with Crippen molar-refractivity contribution in [2.45, 2.75) is 30.8 Å². The first-order valence-corrected chi connectivity index (χ1v) is 9.82. The van der Waals surface area contributed by atoms with Crippen molar-refractivity contribution in [2.24, 2.45) is 0 Å². The van der Waals surface area contributed by atoms with Crippen LogP contribution in [0, 0.1) is 6.92 Å². The average Bonchev–Trinajstić information content (AvgIpc) is 3.07. The van der Waals surface area contributed by atoms with Gasteiger partial charge in [0.05, 0.1) is 23.0 Å². The molecule has 5 nitrogen and oxygen atoms in total. The minimum absolute atomic E-state index is 0.131. The van der Waals surface area contributed by atoms with Crippen molar-refractivity contribution in [3.63, 3.8) is 0 Å². The second-order valence-corrected chi connectivity index (χ2v) is 8.06. The normalized spacial score (nSPS) is 20.2. The van der Waals surface area contributed by atoms with Gasteiger partial charge in [-0.2, -0.15) is 0 Å². The summed E-state index contributed by atoms with van der Waals surface area (Å²) in [6.45, 7) is 2.43. The summed E-state index contributed by atoms with van der Waals surface area (Å²) in [4.78, 5) is 0.420. The van der Waals surface area contributed by atoms with Crippen molar-refractivity contribution >= 4 is 9.84 Å². The van der Waals surface area contributed by atoms with E-state index in [0.717, 1.165) is 11.1 Å². The highest BCUT2D eigenvalue weighted by Gasteiger charge is 2.36. The number of ether oxygens (including phenoxy) is 3. The molecule has 26 heavy (non-hydrogen) atoms. The maximum Gasteiger partial charge on any atom is 0.205 e. The zero-order valence-electron chi connectivity index (χ0n) is 14.8. The molecule has 3 rings (SSSR count). The molecule has 0 radical (unpaired) electrons. The molecular formula is C20H22O5S. The van der Waals surface area contributed by atoms with Gasteiger partial charge in [0.15, 0.2) is 6.29 Å². The molecule has 138 valence electrons. The minimum Gasteiger partial charge on any atom is -0.374 e. The Morgan fingerprint density at radius 2 is 1.73 bits per heavy atom. The van der Waals surface area contributed by atoms with Gasteiger partial charge < -0.3 is 14.2 Å². The van der Waals surface area contributed by atoms with Crippen molar-refractivity contribution in [1.82, 2.24) is 0 Å². The van der Waals surface area contributed by atoms with Crippen LogP contribution >= 0.6 is 0 Å². The second-order valence-electron chi connectivity index (χ2n) is 6.12. The minimum atomic E-state index is -3.67. The second kappa shape index (κ2) is 8.14. The highest BCUT2D eigenvalue weighted by Crippen LogP contribution is 2.30. The molecule has 2 aromatic carbocycles. The van der Waals surface area contributed by atoms with Crippen molar-refractivity contribution in [2.75, 3.05) is 13.7 Å². The lowest BCUT2D eigenvalue weighted by Gasteiger charge is -2.17. The van der Waals surface area contributed by atoms with Crippen molar-refractivity contribution in [1.29, 1.82) is 0 Å². The highest BCUT2D eigenvalue weighted by molar-refractivity contribution is 7.95. The van der Waals surface area contributed by atoms with E-state index in [1.165, 1.54) is 13.2 Å². The van der Waals surface area contributed by atoms with E-state index in [1.807, 2.05) is 37.3 Å². The van der Waals surface area contributed by atoms with Crippen LogP contribution in [0.15, 0.2) is 70.5 Å². The number of hydrogen-bond donors (Lipinski definition) is 0. The van der Waals surface area contributed by atoms with Gasteiger partial charge >= 0.3 is 0 Å². The van der Waals surface area contributed by atoms with Gasteiger partial charge in [-0.25, -0.2) is 8.42 Å². The molecule has 0 N–H and O–H groups in total. The summed E-state index contributed by atoms with van der Waals surface area (Å²) in [6, 6.07) is 16.5. The molecule has 0 saturated carbocycles. The fourth-order valence-corrected chi connectivity index (χ4v) is 4.26. The predicted octanol–water partition coefficient (Wildman–Crippen LogP) is 3.24. The fourth-order valence-electron chi connectivity index (χ4n) is 2.73. The summed E-state index contributed by atoms with van der Waals surface area (Å²) in [5.74, 6) is 0. The number of benzene rings is 2. The van der Waals surface area contributed by atoms with Crippen LogP contribution in [0.1, 0.15) is 11.1 Å². The van der Waals surface area contributed by atoms with Crippen LogP contribution in [0.3, 0.4) is 0 Å². The first kappa shape index (κ1) is 18.8. The van der Waals surface area contributed by atoms with Crippen LogP contribution in [0.25, 0.3) is 0 Å². The Morgan fingerprint density at radius 1 is 1.04 bits per heavy atom. The Morgan fingerprint density at radius 3 is 2.38 bits per heavy atom. The van der Waals surface area contributed by atoms with Crippen LogP contribution < -0.4 is 0 Å². The number of sulfone groups is 1. The van der Waals surface area contributed by atoms with E-state index in [2.05, 4.69) is 0 Å². The molecule has 2 aromatic rings. The zero-order chi connectivity index (χ0) is 18.6. The van der Waals surface area contributed by atoms with Crippen LogP contribution in [-0.2, 0) is 30.7 Å². The van der Waals surface area contributed by atoms with Crippen LogP contribution in [-0.4, -0.2) is 34.5 Å². The van der Waals surface area contributed by atoms with E-state index in [1.54, 1.807) is 24.3 Å². The summed E-state index contributed by atoms with van der Waals surface area (Å²) in [5, 5.41) is 0. The molecule has 0 saturated heterocycles. The van der Waals surface area contributed by atoms with Gasteiger partial charge in [0, 0.05) is 7.11 Å².